The fraction of sp³-hybridized carbons (Fsp3) is 0.800. The zero-order valence-electron chi connectivity index (χ0n) is 5.21. The number of halogens is 1. The highest BCUT2D eigenvalue weighted by Crippen LogP contribution is 2.06. The van der Waals surface area contributed by atoms with Crippen molar-refractivity contribution < 1.29 is 19.0 Å². The van der Waals surface area contributed by atoms with Gasteiger partial charge in [0.15, 0.2) is 12.2 Å². The normalized spacial score (nSPS) is 17.7. The molecule has 1 fully saturated rings. The molecular weight excluding hydrogens is 160 g/mol. The van der Waals surface area contributed by atoms with Gasteiger partial charge in [-0.15, -0.1) is 0 Å². The number of ether oxygens (including phenoxy) is 3. The second-order valence-corrected chi connectivity index (χ2v) is 2.00. The molecule has 0 radical (unpaired) electrons. The lowest BCUT2D eigenvalue weighted by atomic mass is 10.3. The highest BCUT2D eigenvalue weighted by atomic mass is 35.5. The van der Waals surface area contributed by atoms with Crippen molar-refractivity contribution in [3.63, 3.8) is 0 Å². The van der Waals surface area contributed by atoms with E-state index in [0.717, 1.165) is 0 Å². The van der Waals surface area contributed by atoms with Gasteiger partial charge in [0.05, 0.1) is 13.2 Å². The van der Waals surface area contributed by atoms with Crippen molar-refractivity contribution in [2.45, 2.75) is 6.10 Å². The smallest absolute Gasteiger partial charge is 0.426 e. The van der Waals surface area contributed by atoms with Crippen LogP contribution in [0.5, 0.6) is 0 Å². The third kappa shape index (κ3) is 2.04. The number of carbonyl (C=O) groups is 1. The van der Waals surface area contributed by atoms with E-state index in [4.69, 9.17) is 16.3 Å². The minimum atomic E-state index is -0.733. The van der Waals surface area contributed by atoms with Gasteiger partial charge in [0, 0.05) is 0 Å². The Kier molecular flexibility index (Phi) is 2.77. The third-order valence-corrected chi connectivity index (χ3v) is 1.15. The van der Waals surface area contributed by atoms with E-state index in [2.05, 4.69) is 9.47 Å². The van der Waals surface area contributed by atoms with Gasteiger partial charge in [-0.2, -0.15) is 0 Å². The number of hydrogen-bond donors (Lipinski definition) is 0. The molecule has 0 saturated carbocycles. The summed E-state index contributed by atoms with van der Waals surface area (Å²) >= 11 is 5.09. The van der Waals surface area contributed by atoms with Gasteiger partial charge in [0.2, 0.25) is 0 Å². The van der Waals surface area contributed by atoms with Gasteiger partial charge >= 0.3 is 6.16 Å². The monoisotopic (exact) mass is 166 g/mol. The van der Waals surface area contributed by atoms with E-state index in [-0.39, 0.29) is 12.2 Å². The van der Waals surface area contributed by atoms with Crippen molar-refractivity contribution in [1.29, 1.82) is 0 Å². The Labute approximate surface area is 63.0 Å². The van der Waals surface area contributed by atoms with Crippen LogP contribution in [0.1, 0.15) is 0 Å². The average molecular weight is 167 g/mol. The summed E-state index contributed by atoms with van der Waals surface area (Å²) in [5.74, 6) is 0. The summed E-state index contributed by atoms with van der Waals surface area (Å²) in [5, 5.41) is 0. The molecule has 0 atom stereocenters. The van der Waals surface area contributed by atoms with Crippen LogP contribution in [0.3, 0.4) is 0 Å². The molecule has 1 saturated heterocycles. The van der Waals surface area contributed by atoms with Crippen LogP contribution in [-0.4, -0.2) is 31.5 Å². The molecule has 1 heterocycles. The summed E-state index contributed by atoms with van der Waals surface area (Å²) in [6.45, 7) is 0.911. The second-order valence-electron chi connectivity index (χ2n) is 1.78. The van der Waals surface area contributed by atoms with E-state index in [9.17, 15) is 4.79 Å². The van der Waals surface area contributed by atoms with Gasteiger partial charge in [-0.3, -0.25) is 0 Å². The molecule has 0 aromatic rings. The molecule has 5 heteroatoms. The van der Waals surface area contributed by atoms with Crippen LogP contribution in [0.15, 0.2) is 0 Å². The number of carbonyl (C=O) groups excluding carboxylic acids is 1. The summed E-state index contributed by atoms with van der Waals surface area (Å²) in [6.07, 6.45) is -0.876. The van der Waals surface area contributed by atoms with Crippen molar-refractivity contribution >= 4 is 17.8 Å². The number of rotatable bonds is 2. The van der Waals surface area contributed by atoms with Crippen molar-refractivity contribution in [2.75, 3.05) is 19.3 Å². The van der Waals surface area contributed by atoms with Crippen LogP contribution in [0.25, 0.3) is 0 Å². The predicted octanol–water partition coefficient (Wildman–Crippen LogP) is 0.735. The molecule has 0 amide bonds. The highest BCUT2D eigenvalue weighted by molar-refractivity contribution is 6.17. The van der Waals surface area contributed by atoms with E-state index in [1.807, 2.05) is 0 Å². The molecule has 0 aromatic heterocycles. The van der Waals surface area contributed by atoms with Crippen LogP contribution < -0.4 is 0 Å². The van der Waals surface area contributed by atoms with E-state index < -0.39 is 6.16 Å². The van der Waals surface area contributed by atoms with Crippen LogP contribution in [0, 0.1) is 0 Å². The minimum absolute atomic E-state index is 0.143. The molecule has 0 aromatic carbocycles. The molecule has 10 heavy (non-hydrogen) atoms. The molecule has 1 aliphatic rings. The molecule has 1 rings (SSSR count). The summed E-state index contributed by atoms with van der Waals surface area (Å²) in [6, 6.07) is -0.174. The third-order valence-electron chi connectivity index (χ3n) is 1.04. The first-order chi connectivity index (χ1) is 4.83. The number of hydrogen-bond acceptors (Lipinski definition) is 4. The summed E-state index contributed by atoms with van der Waals surface area (Å²) in [5.41, 5.74) is 0. The van der Waals surface area contributed by atoms with E-state index in [0.29, 0.717) is 13.2 Å². The Hall–Kier alpha value is -0.480. The van der Waals surface area contributed by atoms with Crippen LogP contribution in [-0.2, 0) is 14.2 Å². The maximum Gasteiger partial charge on any atom is 0.509 e. The standard InChI is InChI=1S/C5H7ClO4/c6-3-9-5(7)10-4-1-8-2-4/h4H,1-3H2. The Balaban J connectivity index is 2.05. The Morgan fingerprint density at radius 2 is 2.40 bits per heavy atom. The zero-order chi connectivity index (χ0) is 7.40. The maximum atomic E-state index is 10.5. The van der Waals surface area contributed by atoms with Crippen LogP contribution >= 0.6 is 11.6 Å². The maximum absolute atomic E-state index is 10.5. The van der Waals surface area contributed by atoms with Gasteiger partial charge in [-0.05, 0) is 0 Å². The molecule has 0 spiro atoms. The average Bonchev–Trinajstić information content (AvgIpc) is 1.80. The van der Waals surface area contributed by atoms with Gasteiger partial charge in [-0.1, -0.05) is 11.6 Å². The lowest BCUT2D eigenvalue weighted by Crippen LogP contribution is -2.37. The fourth-order valence-electron chi connectivity index (χ4n) is 0.497. The molecule has 0 unspecified atom stereocenters. The van der Waals surface area contributed by atoms with Gasteiger partial charge in [0.1, 0.15) is 0 Å². The topological polar surface area (TPSA) is 44.8 Å². The largest absolute Gasteiger partial charge is 0.509 e. The first-order valence-corrected chi connectivity index (χ1v) is 3.33. The zero-order valence-corrected chi connectivity index (χ0v) is 5.97. The Bertz CT molecular complexity index is 123. The van der Waals surface area contributed by atoms with Crippen molar-refractivity contribution in [2.24, 2.45) is 0 Å². The van der Waals surface area contributed by atoms with Gasteiger partial charge in [0.25, 0.3) is 0 Å². The number of alkyl halides is 1. The molecular formula is C5H7ClO4. The summed E-state index contributed by atoms with van der Waals surface area (Å²) in [4.78, 5) is 10.5. The van der Waals surface area contributed by atoms with Crippen LogP contribution in [0.2, 0.25) is 0 Å². The van der Waals surface area contributed by atoms with Crippen molar-refractivity contribution in [3.8, 4) is 0 Å². The molecule has 0 bridgehead atoms. The Morgan fingerprint density at radius 1 is 1.70 bits per heavy atom. The molecule has 4 nitrogen and oxygen atoms in total. The van der Waals surface area contributed by atoms with Gasteiger partial charge in [-0.25, -0.2) is 4.79 Å². The Morgan fingerprint density at radius 3 is 2.80 bits per heavy atom. The predicted molar refractivity (Wildman–Crippen MR) is 32.9 cm³/mol. The van der Waals surface area contributed by atoms with E-state index >= 15 is 0 Å². The van der Waals surface area contributed by atoms with Crippen LogP contribution in [0.4, 0.5) is 4.79 Å². The molecule has 1 aliphatic heterocycles. The first-order valence-electron chi connectivity index (χ1n) is 2.80. The lowest BCUT2D eigenvalue weighted by Gasteiger charge is -2.24. The minimum Gasteiger partial charge on any atom is -0.426 e. The lowest BCUT2D eigenvalue weighted by molar-refractivity contribution is -0.112. The molecule has 0 aliphatic carbocycles. The van der Waals surface area contributed by atoms with E-state index in [1.54, 1.807) is 0 Å². The molecule has 58 valence electrons. The van der Waals surface area contributed by atoms with E-state index in [1.165, 1.54) is 0 Å². The summed E-state index contributed by atoms with van der Waals surface area (Å²) < 4.78 is 13.7. The fourth-order valence-corrected chi connectivity index (χ4v) is 0.586. The van der Waals surface area contributed by atoms with Gasteiger partial charge < -0.3 is 14.2 Å². The van der Waals surface area contributed by atoms with Crippen molar-refractivity contribution in [1.82, 2.24) is 0 Å². The van der Waals surface area contributed by atoms with Crippen molar-refractivity contribution in [3.05, 3.63) is 0 Å². The quantitative estimate of drug-likeness (QED) is 0.448. The second kappa shape index (κ2) is 3.63. The first kappa shape index (κ1) is 7.63. The SMILES string of the molecule is O=C(OCCl)OC1COC1. The molecule has 0 N–H and O–H groups in total. The highest BCUT2D eigenvalue weighted by Gasteiger charge is 2.23. The summed E-state index contributed by atoms with van der Waals surface area (Å²) in [7, 11) is 0.